The molecule has 8 nitrogen and oxygen atoms in total. The second-order valence-corrected chi connectivity index (χ2v) is 12.3. The van der Waals surface area contributed by atoms with E-state index in [4.69, 9.17) is 23.2 Å². The van der Waals surface area contributed by atoms with Crippen molar-refractivity contribution in [3.63, 3.8) is 0 Å². The van der Waals surface area contributed by atoms with Crippen LogP contribution in [-0.4, -0.2) is 40.1 Å². The minimum Gasteiger partial charge on any atom is -0.322 e. The molecule has 12 heteroatoms. The van der Waals surface area contributed by atoms with Crippen molar-refractivity contribution in [1.82, 2.24) is 4.31 Å². The van der Waals surface area contributed by atoms with Gasteiger partial charge in [0.2, 0.25) is 10.0 Å². The molecule has 1 saturated heterocycles. The Bertz CT molecular complexity index is 1450. The number of sulfonamides is 2. The zero-order valence-electron chi connectivity index (χ0n) is 18.2. The number of hydrogen-bond donors (Lipinski definition) is 2. The molecule has 4 rings (SSSR count). The lowest BCUT2D eigenvalue weighted by molar-refractivity contribution is 0.102. The van der Waals surface area contributed by atoms with Gasteiger partial charge in [0.1, 0.15) is 0 Å². The fraction of sp³-hybridized carbons (Fsp3) is 0.174. The molecule has 0 atom stereocenters. The standard InChI is InChI=1S/C23H21Cl2N3O5S2/c24-16-3-5-18(6-4-16)27-34(30,31)19-9-7-17(8-10-19)26-23(29)21-15-20(11-12-22(21)25)35(32,33)28-13-1-2-14-28/h3-12,15,27H,1-2,13-14H2,(H,26,29). The molecule has 0 aromatic heterocycles. The molecular formula is C23H21Cl2N3O5S2. The number of amides is 1. The molecule has 184 valence electrons. The molecule has 3 aromatic carbocycles. The molecule has 1 fully saturated rings. The fourth-order valence-corrected chi connectivity index (χ4v) is 6.50. The summed E-state index contributed by atoms with van der Waals surface area (Å²) in [7, 11) is -7.58. The van der Waals surface area contributed by atoms with Gasteiger partial charge in [-0.05, 0) is 79.6 Å². The minimum absolute atomic E-state index is 0.00644. The molecule has 1 heterocycles. The van der Waals surface area contributed by atoms with Crippen LogP contribution in [0.25, 0.3) is 0 Å². The van der Waals surface area contributed by atoms with Crippen LogP contribution in [0, 0.1) is 0 Å². The summed E-state index contributed by atoms with van der Waals surface area (Å²) in [5, 5.41) is 3.19. The van der Waals surface area contributed by atoms with Gasteiger partial charge in [-0.15, -0.1) is 0 Å². The van der Waals surface area contributed by atoms with E-state index >= 15 is 0 Å². The molecule has 1 aliphatic heterocycles. The first kappa shape index (κ1) is 25.5. The smallest absolute Gasteiger partial charge is 0.261 e. The van der Waals surface area contributed by atoms with Crippen LogP contribution in [0.2, 0.25) is 10.0 Å². The van der Waals surface area contributed by atoms with Crippen molar-refractivity contribution in [3.05, 3.63) is 82.3 Å². The quantitative estimate of drug-likeness (QED) is 0.435. The first-order valence-electron chi connectivity index (χ1n) is 10.6. The van der Waals surface area contributed by atoms with Crippen molar-refractivity contribution in [2.24, 2.45) is 0 Å². The molecule has 0 unspecified atom stereocenters. The lowest BCUT2D eigenvalue weighted by atomic mass is 10.2. The van der Waals surface area contributed by atoms with Crippen molar-refractivity contribution in [1.29, 1.82) is 0 Å². The number of hydrogen-bond acceptors (Lipinski definition) is 5. The summed E-state index contributed by atoms with van der Waals surface area (Å²) in [5.41, 5.74) is 0.655. The second kappa shape index (κ2) is 10.2. The van der Waals surface area contributed by atoms with E-state index in [1.165, 1.54) is 58.9 Å². The van der Waals surface area contributed by atoms with Gasteiger partial charge in [-0.2, -0.15) is 4.31 Å². The van der Waals surface area contributed by atoms with E-state index in [-0.39, 0.29) is 20.4 Å². The second-order valence-electron chi connectivity index (χ2n) is 7.84. The van der Waals surface area contributed by atoms with Crippen molar-refractivity contribution in [2.75, 3.05) is 23.1 Å². The number of halogens is 2. The van der Waals surface area contributed by atoms with E-state index < -0.39 is 26.0 Å². The van der Waals surface area contributed by atoms with Gasteiger partial charge in [0.15, 0.2) is 0 Å². The third kappa shape index (κ3) is 5.79. The first-order valence-corrected chi connectivity index (χ1v) is 14.2. The van der Waals surface area contributed by atoms with Crippen LogP contribution >= 0.6 is 23.2 Å². The van der Waals surface area contributed by atoms with Gasteiger partial charge in [-0.3, -0.25) is 9.52 Å². The topological polar surface area (TPSA) is 113 Å². The predicted molar refractivity (Wildman–Crippen MR) is 136 cm³/mol. The van der Waals surface area contributed by atoms with E-state index in [9.17, 15) is 21.6 Å². The summed E-state index contributed by atoms with van der Waals surface area (Å²) >= 11 is 12.0. The zero-order valence-corrected chi connectivity index (χ0v) is 21.4. The molecule has 35 heavy (non-hydrogen) atoms. The van der Waals surface area contributed by atoms with Crippen molar-refractivity contribution in [3.8, 4) is 0 Å². The fourth-order valence-electron chi connectivity index (χ4n) is 3.56. The van der Waals surface area contributed by atoms with Crippen molar-refractivity contribution in [2.45, 2.75) is 22.6 Å². The highest BCUT2D eigenvalue weighted by Gasteiger charge is 2.28. The van der Waals surface area contributed by atoms with Gasteiger partial charge in [0.25, 0.3) is 15.9 Å². The van der Waals surface area contributed by atoms with E-state index in [2.05, 4.69) is 10.0 Å². The maximum absolute atomic E-state index is 12.8. The predicted octanol–water partition coefficient (Wildman–Crippen LogP) is 4.83. The van der Waals surface area contributed by atoms with Crippen LogP contribution in [0.5, 0.6) is 0 Å². The summed E-state index contributed by atoms with van der Waals surface area (Å²) in [6.07, 6.45) is 1.59. The molecule has 1 aliphatic rings. The third-order valence-electron chi connectivity index (χ3n) is 5.40. The molecule has 0 radical (unpaired) electrons. The number of carbonyl (C=O) groups excluding carboxylic acids is 1. The number of carbonyl (C=O) groups is 1. The van der Waals surface area contributed by atoms with E-state index in [0.717, 1.165) is 12.8 Å². The highest BCUT2D eigenvalue weighted by molar-refractivity contribution is 7.92. The van der Waals surface area contributed by atoms with Gasteiger partial charge in [0.05, 0.1) is 20.4 Å². The van der Waals surface area contributed by atoms with Crippen molar-refractivity contribution >= 4 is 60.5 Å². The maximum Gasteiger partial charge on any atom is 0.261 e. The number of rotatable bonds is 7. The summed E-state index contributed by atoms with van der Waals surface area (Å²) in [6, 6.07) is 15.7. The minimum atomic E-state index is -3.86. The third-order valence-corrected chi connectivity index (χ3v) is 9.28. The van der Waals surface area contributed by atoms with Crippen LogP contribution < -0.4 is 10.0 Å². The molecule has 0 spiro atoms. The monoisotopic (exact) mass is 553 g/mol. The average Bonchev–Trinajstić information content (AvgIpc) is 3.37. The molecule has 2 N–H and O–H groups in total. The number of benzene rings is 3. The zero-order chi connectivity index (χ0) is 25.2. The van der Waals surface area contributed by atoms with Gasteiger partial charge < -0.3 is 5.32 Å². The Morgan fingerprint density at radius 3 is 1.97 bits per heavy atom. The summed E-state index contributed by atoms with van der Waals surface area (Å²) in [4.78, 5) is 12.8. The molecular weight excluding hydrogens is 533 g/mol. The Balaban J connectivity index is 1.50. The van der Waals surface area contributed by atoms with Crippen LogP contribution in [-0.2, 0) is 20.0 Å². The molecule has 1 amide bonds. The van der Waals surface area contributed by atoms with Crippen LogP contribution in [0.1, 0.15) is 23.2 Å². The summed E-state index contributed by atoms with van der Waals surface area (Å²) < 4.78 is 54.7. The Kier molecular flexibility index (Phi) is 7.39. The van der Waals surface area contributed by atoms with Crippen molar-refractivity contribution < 1.29 is 21.6 Å². The van der Waals surface area contributed by atoms with E-state index in [1.807, 2.05) is 0 Å². The molecule has 0 bridgehead atoms. The normalized spacial score (nSPS) is 14.6. The summed E-state index contributed by atoms with van der Waals surface area (Å²) in [6.45, 7) is 0.878. The number of nitrogens with zero attached hydrogens (tertiary/aromatic N) is 1. The summed E-state index contributed by atoms with van der Waals surface area (Å²) in [5.74, 6) is -0.622. The Hall–Kier alpha value is -2.63. The molecule has 3 aromatic rings. The largest absolute Gasteiger partial charge is 0.322 e. The Morgan fingerprint density at radius 1 is 0.771 bits per heavy atom. The number of nitrogens with one attached hydrogen (secondary N) is 2. The Morgan fingerprint density at radius 2 is 1.34 bits per heavy atom. The van der Waals surface area contributed by atoms with Crippen LogP contribution in [0.3, 0.4) is 0 Å². The van der Waals surface area contributed by atoms with Gasteiger partial charge >= 0.3 is 0 Å². The SMILES string of the molecule is O=C(Nc1ccc(S(=O)(=O)Nc2ccc(Cl)cc2)cc1)c1cc(S(=O)(=O)N2CCCC2)ccc1Cl. The maximum atomic E-state index is 12.8. The van der Waals surface area contributed by atoms with Gasteiger partial charge in [-0.1, -0.05) is 23.2 Å². The van der Waals surface area contributed by atoms with Gasteiger partial charge in [0, 0.05) is 29.5 Å². The molecule has 0 saturated carbocycles. The highest BCUT2D eigenvalue weighted by Crippen LogP contribution is 2.26. The highest BCUT2D eigenvalue weighted by atomic mass is 35.5. The average molecular weight is 554 g/mol. The Labute approximate surface area is 214 Å². The first-order chi connectivity index (χ1) is 16.6. The van der Waals surface area contributed by atoms with E-state index in [1.54, 1.807) is 12.1 Å². The van der Waals surface area contributed by atoms with Crippen LogP contribution in [0.4, 0.5) is 11.4 Å². The van der Waals surface area contributed by atoms with Gasteiger partial charge in [-0.25, -0.2) is 16.8 Å². The molecule has 0 aliphatic carbocycles. The lowest BCUT2D eigenvalue weighted by Crippen LogP contribution is -2.28. The number of anilines is 2. The van der Waals surface area contributed by atoms with E-state index in [0.29, 0.717) is 29.5 Å². The lowest BCUT2D eigenvalue weighted by Gasteiger charge is -2.16. The van der Waals surface area contributed by atoms with Crippen LogP contribution in [0.15, 0.2) is 76.5 Å².